The second kappa shape index (κ2) is 5.50. The van der Waals surface area contributed by atoms with Crippen LogP contribution >= 0.6 is 0 Å². The standard InChI is InChI=1S/C12H23NO2/c1-9(2)8-13-6-4-11(5-7-13)10(3)12(14)15/h9-11H,4-8H2,1-3H3,(H,14,15). The first-order chi connectivity index (χ1) is 7.00. The third kappa shape index (κ3) is 3.82. The molecule has 0 radical (unpaired) electrons. The number of piperidine rings is 1. The molecule has 0 bridgehead atoms. The third-order valence-electron chi connectivity index (χ3n) is 3.35. The van der Waals surface area contributed by atoms with Crippen LogP contribution in [0.25, 0.3) is 0 Å². The van der Waals surface area contributed by atoms with Gasteiger partial charge in [-0.05, 0) is 37.8 Å². The van der Waals surface area contributed by atoms with Gasteiger partial charge in [0.15, 0.2) is 0 Å². The summed E-state index contributed by atoms with van der Waals surface area (Å²) >= 11 is 0. The van der Waals surface area contributed by atoms with E-state index in [1.54, 1.807) is 0 Å². The van der Waals surface area contributed by atoms with Crippen molar-refractivity contribution in [3.63, 3.8) is 0 Å². The van der Waals surface area contributed by atoms with Crippen molar-refractivity contribution >= 4 is 5.97 Å². The summed E-state index contributed by atoms with van der Waals surface area (Å²) in [6, 6.07) is 0. The first kappa shape index (κ1) is 12.5. The Morgan fingerprint density at radius 3 is 2.27 bits per heavy atom. The van der Waals surface area contributed by atoms with Gasteiger partial charge in [0.25, 0.3) is 0 Å². The molecule has 0 aliphatic carbocycles. The number of hydrogen-bond acceptors (Lipinski definition) is 2. The Hall–Kier alpha value is -0.570. The SMILES string of the molecule is CC(C)CN1CCC(C(C)C(=O)O)CC1. The molecule has 0 spiro atoms. The van der Waals surface area contributed by atoms with Gasteiger partial charge in [0.2, 0.25) is 0 Å². The van der Waals surface area contributed by atoms with Gasteiger partial charge in [-0.15, -0.1) is 0 Å². The Morgan fingerprint density at radius 2 is 1.87 bits per heavy atom. The van der Waals surface area contributed by atoms with Gasteiger partial charge in [0.05, 0.1) is 5.92 Å². The molecule has 0 aromatic heterocycles. The highest BCUT2D eigenvalue weighted by Crippen LogP contribution is 2.25. The fourth-order valence-corrected chi connectivity index (χ4v) is 2.35. The van der Waals surface area contributed by atoms with Crippen LogP contribution in [0.5, 0.6) is 0 Å². The van der Waals surface area contributed by atoms with Crippen molar-refractivity contribution in [3.8, 4) is 0 Å². The Labute approximate surface area is 92.5 Å². The molecule has 0 aromatic carbocycles. The minimum Gasteiger partial charge on any atom is -0.481 e. The molecule has 1 unspecified atom stereocenters. The molecule has 1 aliphatic rings. The Morgan fingerprint density at radius 1 is 1.33 bits per heavy atom. The molecule has 0 amide bonds. The van der Waals surface area contributed by atoms with E-state index in [-0.39, 0.29) is 5.92 Å². The minimum absolute atomic E-state index is 0.175. The van der Waals surface area contributed by atoms with E-state index in [0.29, 0.717) is 11.8 Å². The van der Waals surface area contributed by atoms with E-state index >= 15 is 0 Å². The highest BCUT2D eigenvalue weighted by molar-refractivity contribution is 5.69. The van der Waals surface area contributed by atoms with Crippen LogP contribution < -0.4 is 0 Å². The summed E-state index contributed by atoms with van der Waals surface area (Å²) in [5.74, 6) is 0.271. The lowest BCUT2D eigenvalue weighted by atomic mass is 9.85. The molecule has 15 heavy (non-hydrogen) atoms. The van der Waals surface area contributed by atoms with E-state index in [9.17, 15) is 4.79 Å². The van der Waals surface area contributed by atoms with Crippen LogP contribution in [0.4, 0.5) is 0 Å². The molecule has 0 saturated carbocycles. The van der Waals surface area contributed by atoms with Crippen LogP contribution in [0.3, 0.4) is 0 Å². The minimum atomic E-state index is -0.641. The lowest BCUT2D eigenvalue weighted by Crippen LogP contribution is -2.38. The molecule has 1 N–H and O–H groups in total. The average Bonchev–Trinajstić information content (AvgIpc) is 2.17. The van der Waals surface area contributed by atoms with Crippen LogP contribution in [0.1, 0.15) is 33.6 Å². The molecule has 3 nitrogen and oxygen atoms in total. The first-order valence-corrected chi connectivity index (χ1v) is 5.96. The topological polar surface area (TPSA) is 40.5 Å². The van der Waals surface area contributed by atoms with Crippen molar-refractivity contribution in [2.45, 2.75) is 33.6 Å². The van der Waals surface area contributed by atoms with Crippen LogP contribution in [0.2, 0.25) is 0 Å². The summed E-state index contributed by atoms with van der Waals surface area (Å²) in [7, 11) is 0. The highest BCUT2D eigenvalue weighted by atomic mass is 16.4. The first-order valence-electron chi connectivity index (χ1n) is 5.96. The van der Waals surface area contributed by atoms with Gasteiger partial charge in [-0.25, -0.2) is 0 Å². The van der Waals surface area contributed by atoms with Gasteiger partial charge in [0, 0.05) is 6.54 Å². The fourth-order valence-electron chi connectivity index (χ4n) is 2.35. The highest BCUT2D eigenvalue weighted by Gasteiger charge is 2.27. The summed E-state index contributed by atoms with van der Waals surface area (Å²) in [6.07, 6.45) is 2.08. The second-order valence-corrected chi connectivity index (χ2v) is 5.16. The molecule has 0 aromatic rings. The Bertz CT molecular complexity index is 208. The third-order valence-corrected chi connectivity index (χ3v) is 3.35. The lowest BCUT2D eigenvalue weighted by Gasteiger charge is -2.34. The van der Waals surface area contributed by atoms with Crippen molar-refractivity contribution in [1.82, 2.24) is 4.90 Å². The number of carboxylic acid groups (broad SMARTS) is 1. The molecule has 3 heteroatoms. The van der Waals surface area contributed by atoms with Gasteiger partial charge >= 0.3 is 5.97 Å². The van der Waals surface area contributed by atoms with E-state index in [0.717, 1.165) is 32.5 Å². The number of carbonyl (C=O) groups is 1. The van der Waals surface area contributed by atoms with Gasteiger partial charge < -0.3 is 10.0 Å². The van der Waals surface area contributed by atoms with Gasteiger partial charge in [-0.3, -0.25) is 4.79 Å². The van der Waals surface area contributed by atoms with Crippen molar-refractivity contribution in [2.24, 2.45) is 17.8 Å². The van der Waals surface area contributed by atoms with Crippen molar-refractivity contribution in [2.75, 3.05) is 19.6 Å². The van der Waals surface area contributed by atoms with Gasteiger partial charge in [0.1, 0.15) is 0 Å². The molecule has 1 atom stereocenters. The molecule has 1 rings (SSSR count). The summed E-state index contributed by atoms with van der Waals surface area (Å²) in [6.45, 7) is 9.58. The molecule has 88 valence electrons. The predicted octanol–water partition coefficient (Wildman–Crippen LogP) is 2.08. The van der Waals surface area contributed by atoms with E-state index in [2.05, 4.69) is 18.7 Å². The predicted molar refractivity (Wildman–Crippen MR) is 60.8 cm³/mol. The van der Waals surface area contributed by atoms with Crippen LogP contribution in [0, 0.1) is 17.8 Å². The quantitative estimate of drug-likeness (QED) is 0.777. The monoisotopic (exact) mass is 213 g/mol. The zero-order valence-corrected chi connectivity index (χ0v) is 10.1. The van der Waals surface area contributed by atoms with E-state index in [1.165, 1.54) is 0 Å². The molecule has 1 fully saturated rings. The van der Waals surface area contributed by atoms with E-state index in [1.807, 2.05) is 6.92 Å². The fraction of sp³-hybridized carbons (Fsp3) is 0.917. The zero-order chi connectivity index (χ0) is 11.4. The van der Waals surface area contributed by atoms with Crippen molar-refractivity contribution < 1.29 is 9.90 Å². The van der Waals surface area contributed by atoms with Gasteiger partial charge in [-0.2, -0.15) is 0 Å². The summed E-state index contributed by atoms with van der Waals surface area (Å²) in [4.78, 5) is 13.3. The molecule has 1 saturated heterocycles. The van der Waals surface area contributed by atoms with Gasteiger partial charge in [-0.1, -0.05) is 20.8 Å². The number of aliphatic carboxylic acids is 1. The van der Waals surface area contributed by atoms with Crippen LogP contribution in [-0.4, -0.2) is 35.6 Å². The average molecular weight is 213 g/mol. The lowest BCUT2D eigenvalue weighted by molar-refractivity contribution is -0.143. The van der Waals surface area contributed by atoms with E-state index in [4.69, 9.17) is 5.11 Å². The van der Waals surface area contributed by atoms with Crippen molar-refractivity contribution in [3.05, 3.63) is 0 Å². The van der Waals surface area contributed by atoms with Crippen LogP contribution in [0.15, 0.2) is 0 Å². The zero-order valence-electron chi connectivity index (χ0n) is 10.1. The maximum atomic E-state index is 10.8. The smallest absolute Gasteiger partial charge is 0.306 e. The Balaban J connectivity index is 2.32. The van der Waals surface area contributed by atoms with Crippen LogP contribution in [-0.2, 0) is 4.79 Å². The number of nitrogens with zero attached hydrogens (tertiary/aromatic N) is 1. The largest absolute Gasteiger partial charge is 0.481 e. The summed E-state index contributed by atoms with van der Waals surface area (Å²) < 4.78 is 0. The molecular formula is C12H23NO2. The maximum absolute atomic E-state index is 10.8. The Kier molecular flexibility index (Phi) is 4.58. The number of carboxylic acids is 1. The second-order valence-electron chi connectivity index (χ2n) is 5.16. The summed E-state index contributed by atoms with van der Waals surface area (Å²) in [5.41, 5.74) is 0. The van der Waals surface area contributed by atoms with Crippen molar-refractivity contribution in [1.29, 1.82) is 0 Å². The number of likely N-dealkylation sites (tertiary alicyclic amines) is 1. The van der Waals surface area contributed by atoms with E-state index < -0.39 is 5.97 Å². The number of hydrogen-bond donors (Lipinski definition) is 1. The molecular weight excluding hydrogens is 190 g/mol. The maximum Gasteiger partial charge on any atom is 0.306 e. The molecule has 1 heterocycles. The molecule has 1 aliphatic heterocycles. The summed E-state index contributed by atoms with van der Waals surface area (Å²) in [5, 5.41) is 8.93. The number of rotatable bonds is 4. The normalized spacial score (nSPS) is 21.9.